The molecule has 0 spiro atoms. The van der Waals surface area contributed by atoms with E-state index in [-0.39, 0.29) is 5.60 Å². The van der Waals surface area contributed by atoms with Crippen molar-refractivity contribution in [1.29, 1.82) is 0 Å². The summed E-state index contributed by atoms with van der Waals surface area (Å²) < 4.78 is 17.8. The minimum absolute atomic E-state index is 0.101. The Labute approximate surface area is 81.7 Å². The summed E-state index contributed by atoms with van der Waals surface area (Å²) in [6, 6.07) is 2.93. The Morgan fingerprint density at radius 1 is 1.43 bits per heavy atom. The molecule has 1 aliphatic rings. The second kappa shape index (κ2) is 3.16. The van der Waals surface area contributed by atoms with Crippen molar-refractivity contribution in [2.45, 2.75) is 12.5 Å². The van der Waals surface area contributed by atoms with E-state index in [1.165, 1.54) is 6.07 Å². The second-order valence-electron chi connectivity index (χ2n) is 3.72. The van der Waals surface area contributed by atoms with Gasteiger partial charge < -0.3 is 9.64 Å². The molecule has 0 N–H and O–H groups in total. The van der Waals surface area contributed by atoms with Gasteiger partial charge in [-0.25, -0.2) is 0 Å². The van der Waals surface area contributed by atoms with Crippen LogP contribution in [0.25, 0.3) is 0 Å². The molecule has 1 aromatic heterocycles. The van der Waals surface area contributed by atoms with E-state index >= 15 is 0 Å². The largest absolute Gasteiger partial charge is 0.375 e. The predicted octanol–water partition coefficient (Wildman–Crippen LogP) is 0.841. The van der Waals surface area contributed by atoms with Crippen molar-refractivity contribution in [2.24, 2.45) is 0 Å². The van der Waals surface area contributed by atoms with Crippen molar-refractivity contribution in [2.75, 3.05) is 25.1 Å². The Balaban J connectivity index is 2.03. The Morgan fingerprint density at radius 2 is 2.14 bits per heavy atom. The molecular formula is C9H12FN3O. The number of anilines is 1. The lowest BCUT2D eigenvalue weighted by molar-refractivity contribution is -0.0172. The van der Waals surface area contributed by atoms with E-state index in [0.717, 1.165) is 13.1 Å². The Kier molecular flexibility index (Phi) is 2.11. The van der Waals surface area contributed by atoms with Crippen molar-refractivity contribution < 1.29 is 9.13 Å². The van der Waals surface area contributed by atoms with Crippen molar-refractivity contribution in [3.63, 3.8) is 0 Å². The van der Waals surface area contributed by atoms with E-state index in [2.05, 4.69) is 10.2 Å². The van der Waals surface area contributed by atoms with Gasteiger partial charge >= 0.3 is 0 Å². The lowest BCUT2D eigenvalue weighted by Crippen LogP contribution is -2.61. The van der Waals surface area contributed by atoms with Crippen LogP contribution in [0.2, 0.25) is 0 Å². The lowest BCUT2D eigenvalue weighted by atomic mass is 9.97. The van der Waals surface area contributed by atoms with E-state index in [1.54, 1.807) is 13.2 Å². The third-order valence-electron chi connectivity index (χ3n) is 2.49. The van der Waals surface area contributed by atoms with Gasteiger partial charge in [0.2, 0.25) is 5.95 Å². The maximum Gasteiger partial charge on any atom is 0.233 e. The molecule has 5 heteroatoms. The van der Waals surface area contributed by atoms with Gasteiger partial charge in [0, 0.05) is 7.11 Å². The molecule has 0 aliphatic carbocycles. The maximum absolute atomic E-state index is 12.5. The molecule has 0 unspecified atom stereocenters. The fourth-order valence-corrected chi connectivity index (χ4v) is 1.53. The first-order chi connectivity index (χ1) is 6.63. The van der Waals surface area contributed by atoms with Gasteiger partial charge in [-0.05, 0) is 19.1 Å². The third kappa shape index (κ3) is 1.55. The van der Waals surface area contributed by atoms with Crippen LogP contribution in [0.1, 0.15) is 6.92 Å². The van der Waals surface area contributed by atoms with E-state index in [1.807, 2.05) is 11.8 Å². The normalized spacial score (nSPS) is 19.2. The van der Waals surface area contributed by atoms with Crippen LogP contribution in [0, 0.1) is 5.95 Å². The fourth-order valence-electron chi connectivity index (χ4n) is 1.53. The molecule has 2 heterocycles. The summed E-state index contributed by atoms with van der Waals surface area (Å²) in [6.45, 7) is 3.56. The number of rotatable bonds is 2. The quantitative estimate of drug-likeness (QED) is 0.704. The van der Waals surface area contributed by atoms with Crippen LogP contribution in [-0.2, 0) is 4.74 Å². The first-order valence-corrected chi connectivity index (χ1v) is 4.42. The van der Waals surface area contributed by atoms with Gasteiger partial charge in [-0.3, -0.25) is 0 Å². The molecule has 1 saturated heterocycles. The third-order valence-corrected chi connectivity index (χ3v) is 2.49. The molecule has 0 bridgehead atoms. The molecule has 0 saturated carbocycles. The minimum Gasteiger partial charge on any atom is -0.375 e. The van der Waals surface area contributed by atoms with Crippen LogP contribution in [0.15, 0.2) is 12.1 Å². The maximum atomic E-state index is 12.5. The van der Waals surface area contributed by atoms with Crippen LogP contribution in [0.4, 0.5) is 10.2 Å². The number of halogens is 1. The molecular weight excluding hydrogens is 185 g/mol. The number of nitrogens with zero attached hydrogens (tertiary/aromatic N) is 3. The van der Waals surface area contributed by atoms with E-state index in [4.69, 9.17) is 4.74 Å². The molecule has 0 aromatic carbocycles. The average Bonchev–Trinajstić information content (AvgIpc) is 2.15. The summed E-state index contributed by atoms with van der Waals surface area (Å²) in [7, 11) is 1.69. The van der Waals surface area contributed by atoms with Gasteiger partial charge in [0.05, 0.1) is 18.7 Å². The van der Waals surface area contributed by atoms with Crippen LogP contribution >= 0.6 is 0 Å². The highest BCUT2D eigenvalue weighted by Crippen LogP contribution is 2.27. The highest BCUT2D eigenvalue weighted by atomic mass is 19.1. The summed E-state index contributed by atoms with van der Waals surface area (Å²) in [5, 5.41) is 7.10. The predicted molar refractivity (Wildman–Crippen MR) is 49.6 cm³/mol. The van der Waals surface area contributed by atoms with Crippen molar-refractivity contribution in [3.05, 3.63) is 18.1 Å². The van der Waals surface area contributed by atoms with Gasteiger partial charge in [-0.1, -0.05) is 0 Å². The molecule has 1 fully saturated rings. The summed E-state index contributed by atoms with van der Waals surface area (Å²) >= 11 is 0. The average molecular weight is 197 g/mol. The van der Waals surface area contributed by atoms with Crippen LogP contribution in [0.3, 0.4) is 0 Å². The van der Waals surface area contributed by atoms with Gasteiger partial charge in [0.25, 0.3) is 0 Å². The Bertz CT molecular complexity index is 321. The SMILES string of the molecule is COC1(C)CN(c2ccc(F)nn2)C1. The molecule has 4 nitrogen and oxygen atoms in total. The van der Waals surface area contributed by atoms with Crippen LogP contribution < -0.4 is 4.90 Å². The molecule has 0 amide bonds. The number of aromatic nitrogens is 2. The number of ether oxygens (including phenoxy) is 1. The molecule has 0 atom stereocenters. The molecule has 1 aliphatic heterocycles. The van der Waals surface area contributed by atoms with Crippen molar-refractivity contribution in [1.82, 2.24) is 10.2 Å². The first-order valence-electron chi connectivity index (χ1n) is 4.42. The molecule has 14 heavy (non-hydrogen) atoms. The summed E-state index contributed by atoms with van der Waals surface area (Å²) in [5.74, 6) is 0.143. The summed E-state index contributed by atoms with van der Waals surface area (Å²) in [6.07, 6.45) is 0. The smallest absolute Gasteiger partial charge is 0.233 e. The first kappa shape index (κ1) is 9.33. The van der Waals surface area contributed by atoms with E-state index in [0.29, 0.717) is 5.82 Å². The van der Waals surface area contributed by atoms with Crippen molar-refractivity contribution in [3.8, 4) is 0 Å². The molecule has 76 valence electrons. The monoisotopic (exact) mass is 197 g/mol. The highest BCUT2D eigenvalue weighted by molar-refractivity contribution is 5.42. The zero-order valence-corrected chi connectivity index (χ0v) is 8.20. The molecule has 2 rings (SSSR count). The fraction of sp³-hybridized carbons (Fsp3) is 0.556. The number of hydrogen-bond acceptors (Lipinski definition) is 4. The van der Waals surface area contributed by atoms with Gasteiger partial charge in [-0.2, -0.15) is 4.39 Å². The van der Waals surface area contributed by atoms with Gasteiger partial charge in [0.15, 0.2) is 5.82 Å². The van der Waals surface area contributed by atoms with Crippen LogP contribution in [-0.4, -0.2) is 36.0 Å². The minimum atomic E-state index is -0.552. The number of methoxy groups -OCH3 is 1. The number of hydrogen-bond donors (Lipinski definition) is 0. The van der Waals surface area contributed by atoms with Crippen LogP contribution in [0.5, 0.6) is 0 Å². The summed E-state index contributed by atoms with van der Waals surface area (Å²) in [5.41, 5.74) is -0.101. The molecule has 1 aromatic rings. The van der Waals surface area contributed by atoms with E-state index < -0.39 is 5.95 Å². The Hall–Kier alpha value is -1.23. The van der Waals surface area contributed by atoms with E-state index in [9.17, 15) is 4.39 Å². The zero-order chi connectivity index (χ0) is 10.2. The Morgan fingerprint density at radius 3 is 2.64 bits per heavy atom. The lowest BCUT2D eigenvalue weighted by Gasteiger charge is -2.47. The molecule has 0 radical (unpaired) electrons. The van der Waals surface area contributed by atoms with Gasteiger partial charge in [0.1, 0.15) is 0 Å². The summed E-state index contributed by atoms with van der Waals surface area (Å²) in [4.78, 5) is 2.00. The van der Waals surface area contributed by atoms with Crippen molar-refractivity contribution >= 4 is 5.82 Å². The topological polar surface area (TPSA) is 38.2 Å². The highest BCUT2D eigenvalue weighted by Gasteiger charge is 2.39. The van der Waals surface area contributed by atoms with Gasteiger partial charge in [-0.15, -0.1) is 10.2 Å². The second-order valence-corrected chi connectivity index (χ2v) is 3.72. The standard InChI is InChI=1S/C9H12FN3O/c1-9(14-2)5-13(6-9)8-4-3-7(10)11-12-8/h3-4H,5-6H2,1-2H3. The zero-order valence-electron chi connectivity index (χ0n) is 8.20.